The second kappa shape index (κ2) is 5.89. The fraction of sp³-hybridized carbons (Fsp3) is 0.294. The van der Waals surface area contributed by atoms with E-state index in [4.69, 9.17) is 0 Å². The van der Waals surface area contributed by atoms with Gasteiger partial charge >= 0.3 is 0 Å². The van der Waals surface area contributed by atoms with Crippen molar-refractivity contribution in [1.82, 2.24) is 25.8 Å². The fourth-order valence-electron chi connectivity index (χ4n) is 3.15. The van der Waals surface area contributed by atoms with Gasteiger partial charge in [-0.15, -0.1) is 0 Å². The molecule has 6 heteroatoms. The highest BCUT2D eigenvalue weighted by molar-refractivity contribution is 5.94. The topological polar surface area (TPSA) is 85.6 Å². The molecule has 1 aliphatic rings. The molecule has 1 amide bonds. The number of rotatable bonds is 4. The summed E-state index contributed by atoms with van der Waals surface area (Å²) in [7, 11) is 0. The van der Waals surface area contributed by atoms with Gasteiger partial charge in [0.1, 0.15) is 0 Å². The Bertz CT molecular complexity index is 848. The van der Waals surface area contributed by atoms with Crippen molar-refractivity contribution in [2.75, 3.05) is 13.1 Å². The van der Waals surface area contributed by atoms with E-state index in [-0.39, 0.29) is 5.91 Å². The largest absolute Gasteiger partial charge is 0.361 e. The molecule has 0 unspecified atom stereocenters. The van der Waals surface area contributed by atoms with Gasteiger partial charge in [0.05, 0.1) is 0 Å². The molecular weight excluding hydrogens is 290 g/mol. The number of carbonyl (C=O) groups excluding carboxylic acids is 1. The highest BCUT2D eigenvalue weighted by Gasteiger charge is 2.21. The predicted molar refractivity (Wildman–Crippen MR) is 88.3 cm³/mol. The van der Waals surface area contributed by atoms with Crippen molar-refractivity contribution in [1.29, 1.82) is 0 Å². The average Bonchev–Trinajstić information content (AvgIpc) is 3.19. The number of nitrogens with one attached hydrogen (secondary N) is 4. The van der Waals surface area contributed by atoms with Crippen LogP contribution in [0.1, 0.15) is 27.3 Å². The summed E-state index contributed by atoms with van der Waals surface area (Å²) in [6.45, 7) is 2.23. The standard InChI is InChI=1S/C17H19N5O/c23-17(16-13-10-18-7-6-15(13)21-22-16)19-8-5-11-9-20-14-4-2-1-3-12(11)14/h1-4,9,18,20H,5-8,10H2,(H,19,23)(H,21,22). The van der Waals surface area contributed by atoms with E-state index >= 15 is 0 Å². The van der Waals surface area contributed by atoms with E-state index < -0.39 is 0 Å². The lowest BCUT2D eigenvalue weighted by Crippen LogP contribution is -2.29. The number of hydrogen-bond acceptors (Lipinski definition) is 3. The van der Waals surface area contributed by atoms with E-state index in [2.05, 4.69) is 37.9 Å². The molecule has 0 bridgehead atoms. The first-order chi connectivity index (χ1) is 11.3. The second-order valence-corrected chi connectivity index (χ2v) is 5.82. The van der Waals surface area contributed by atoms with Crippen LogP contribution in [0.3, 0.4) is 0 Å². The van der Waals surface area contributed by atoms with Crippen LogP contribution in [-0.2, 0) is 19.4 Å². The monoisotopic (exact) mass is 309 g/mol. The van der Waals surface area contributed by atoms with Crippen LogP contribution < -0.4 is 10.6 Å². The number of aromatic amines is 2. The lowest BCUT2D eigenvalue weighted by Gasteiger charge is -2.12. The zero-order valence-corrected chi connectivity index (χ0v) is 12.8. The Morgan fingerprint density at radius 3 is 3.17 bits per heavy atom. The normalized spacial score (nSPS) is 13.9. The third kappa shape index (κ3) is 2.61. The molecule has 0 saturated heterocycles. The van der Waals surface area contributed by atoms with Gasteiger partial charge in [-0.05, 0) is 18.1 Å². The molecule has 0 saturated carbocycles. The zero-order valence-electron chi connectivity index (χ0n) is 12.8. The minimum Gasteiger partial charge on any atom is -0.361 e. The van der Waals surface area contributed by atoms with Gasteiger partial charge in [0.25, 0.3) is 5.91 Å². The SMILES string of the molecule is O=C(NCCc1c[nH]c2ccccc12)c1n[nH]c2c1CNCC2. The molecule has 4 N–H and O–H groups in total. The number of aromatic nitrogens is 3. The van der Waals surface area contributed by atoms with Crippen LogP contribution in [-0.4, -0.2) is 34.2 Å². The Balaban J connectivity index is 1.41. The number of benzene rings is 1. The van der Waals surface area contributed by atoms with Crippen molar-refractivity contribution in [3.63, 3.8) is 0 Å². The van der Waals surface area contributed by atoms with E-state index in [0.717, 1.165) is 36.2 Å². The minimum atomic E-state index is -0.106. The van der Waals surface area contributed by atoms with Gasteiger partial charge in [-0.1, -0.05) is 18.2 Å². The van der Waals surface area contributed by atoms with Crippen LogP contribution in [0.2, 0.25) is 0 Å². The number of amides is 1. The number of H-pyrrole nitrogens is 2. The summed E-state index contributed by atoms with van der Waals surface area (Å²) < 4.78 is 0. The van der Waals surface area contributed by atoms with Crippen molar-refractivity contribution in [2.45, 2.75) is 19.4 Å². The van der Waals surface area contributed by atoms with Crippen LogP contribution in [0.4, 0.5) is 0 Å². The Hall–Kier alpha value is -2.60. The van der Waals surface area contributed by atoms with Gasteiger partial charge in [0.2, 0.25) is 0 Å². The second-order valence-electron chi connectivity index (χ2n) is 5.82. The summed E-state index contributed by atoms with van der Waals surface area (Å²) >= 11 is 0. The number of para-hydroxylation sites is 1. The molecule has 23 heavy (non-hydrogen) atoms. The molecule has 0 aliphatic carbocycles. The molecule has 3 heterocycles. The van der Waals surface area contributed by atoms with Crippen LogP contribution in [0.25, 0.3) is 10.9 Å². The molecule has 3 aromatic rings. The van der Waals surface area contributed by atoms with E-state index in [1.54, 1.807) is 0 Å². The lowest BCUT2D eigenvalue weighted by atomic mass is 10.1. The van der Waals surface area contributed by atoms with Gasteiger partial charge in [-0.3, -0.25) is 9.89 Å². The first kappa shape index (κ1) is 14.0. The Labute approximate surface area is 133 Å². The molecule has 0 spiro atoms. The van der Waals surface area contributed by atoms with Gasteiger partial charge in [-0.25, -0.2) is 0 Å². The molecule has 0 atom stereocenters. The molecule has 118 valence electrons. The maximum atomic E-state index is 12.3. The Kier molecular flexibility index (Phi) is 3.59. The average molecular weight is 309 g/mol. The van der Waals surface area contributed by atoms with Gasteiger partial charge in [0.15, 0.2) is 5.69 Å². The Morgan fingerprint density at radius 1 is 1.30 bits per heavy atom. The van der Waals surface area contributed by atoms with Crippen molar-refractivity contribution in [2.24, 2.45) is 0 Å². The molecular formula is C17H19N5O. The summed E-state index contributed by atoms with van der Waals surface area (Å²) in [5.74, 6) is -0.106. The predicted octanol–water partition coefficient (Wildman–Crippen LogP) is 1.51. The van der Waals surface area contributed by atoms with Gasteiger partial charge < -0.3 is 15.6 Å². The summed E-state index contributed by atoms with van der Waals surface area (Å²) in [4.78, 5) is 15.6. The molecule has 0 radical (unpaired) electrons. The summed E-state index contributed by atoms with van der Waals surface area (Å²) in [6.07, 6.45) is 3.70. The van der Waals surface area contributed by atoms with Crippen molar-refractivity contribution in [3.05, 3.63) is 53.0 Å². The number of hydrogen-bond donors (Lipinski definition) is 4. The fourth-order valence-corrected chi connectivity index (χ4v) is 3.15. The van der Waals surface area contributed by atoms with Gasteiger partial charge in [-0.2, -0.15) is 5.10 Å². The van der Waals surface area contributed by atoms with Crippen molar-refractivity contribution >= 4 is 16.8 Å². The minimum absolute atomic E-state index is 0.106. The van der Waals surface area contributed by atoms with Gasteiger partial charge in [0, 0.05) is 54.4 Å². The highest BCUT2D eigenvalue weighted by atomic mass is 16.1. The van der Waals surface area contributed by atoms with E-state index in [9.17, 15) is 4.79 Å². The maximum Gasteiger partial charge on any atom is 0.272 e. The molecule has 1 aromatic carbocycles. The number of fused-ring (bicyclic) bond motifs is 2. The summed E-state index contributed by atoms with van der Waals surface area (Å²) in [5, 5.41) is 14.6. The third-order valence-corrected chi connectivity index (χ3v) is 4.38. The quantitative estimate of drug-likeness (QED) is 0.589. The first-order valence-corrected chi connectivity index (χ1v) is 7.93. The molecule has 6 nitrogen and oxygen atoms in total. The van der Waals surface area contributed by atoms with Crippen molar-refractivity contribution < 1.29 is 4.79 Å². The molecule has 1 aliphatic heterocycles. The summed E-state index contributed by atoms with van der Waals surface area (Å²) in [6, 6.07) is 8.19. The number of nitrogens with zero attached hydrogens (tertiary/aromatic N) is 1. The van der Waals surface area contributed by atoms with Crippen LogP contribution in [0.15, 0.2) is 30.5 Å². The maximum absolute atomic E-state index is 12.3. The lowest BCUT2D eigenvalue weighted by molar-refractivity contribution is 0.0948. The van der Waals surface area contributed by atoms with Crippen molar-refractivity contribution in [3.8, 4) is 0 Å². The van der Waals surface area contributed by atoms with E-state index in [1.807, 2.05) is 18.3 Å². The van der Waals surface area contributed by atoms with Crippen LogP contribution in [0, 0.1) is 0 Å². The molecule has 4 rings (SSSR count). The van der Waals surface area contributed by atoms with E-state index in [0.29, 0.717) is 18.8 Å². The van der Waals surface area contributed by atoms with E-state index in [1.165, 1.54) is 10.9 Å². The molecule has 2 aromatic heterocycles. The van der Waals surface area contributed by atoms with Crippen LogP contribution in [0.5, 0.6) is 0 Å². The molecule has 0 fully saturated rings. The smallest absolute Gasteiger partial charge is 0.272 e. The first-order valence-electron chi connectivity index (χ1n) is 7.93. The van der Waals surface area contributed by atoms with Crippen LogP contribution >= 0.6 is 0 Å². The zero-order chi connectivity index (χ0) is 15.6. The highest BCUT2D eigenvalue weighted by Crippen LogP contribution is 2.18. The number of carbonyl (C=O) groups is 1. The third-order valence-electron chi connectivity index (χ3n) is 4.38. The Morgan fingerprint density at radius 2 is 2.22 bits per heavy atom. The summed E-state index contributed by atoms with van der Waals surface area (Å²) in [5.41, 5.74) is 4.94.